The van der Waals surface area contributed by atoms with E-state index in [-0.39, 0.29) is 17.2 Å². The van der Waals surface area contributed by atoms with Gasteiger partial charge in [0.25, 0.3) is 0 Å². The van der Waals surface area contributed by atoms with E-state index in [1.54, 1.807) is 0 Å². The molecule has 2 aromatic rings. The van der Waals surface area contributed by atoms with Gasteiger partial charge in [0, 0.05) is 17.7 Å². The molecule has 0 saturated carbocycles. The Balaban J connectivity index is 1.84. The fourth-order valence-corrected chi connectivity index (χ4v) is 4.38. The van der Waals surface area contributed by atoms with Gasteiger partial charge in [-0.3, -0.25) is 4.79 Å². The third-order valence-electron chi connectivity index (χ3n) is 5.95. The number of ether oxygens (including phenoxy) is 1. The molecule has 0 unspecified atom stereocenters. The van der Waals surface area contributed by atoms with Crippen LogP contribution in [0.15, 0.2) is 47.7 Å². The summed E-state index contributed by atoms with van der Waals surface area (Å²) in [5, 5.41) is 7.29. The monoisotopic (exact) mass is 390 g/mol. The Morgan fingerprint density at radius 2 is 1.69 bits per heavy atom. The van der Waals surface area contributed by atoms with Crippen molar-refractivity contribution in [3.05, 3.63) is 64.4 Å². The molecule has 4 nitrogen and oxygen atoms in total. The van der Waals surface area contributed by atoms with Crippen molar-refractivity contribution in [3.63, 3.8) is 0 Å². The maximum atomic E-state index is 13.3. The summed E-state index contributed by atoms with van der Waals surface area (Å²) in [6.07, 6.45) is 1.42. The summed E-state index contributed by atoms with van der Waals surface area (Å²) >= 11 is 0. The van der Waals surface area contributed by atoms with E-state index in [4.69, 9.17) is 4.74 Å². The number of carbonyl (C=O) groups excluding carboxylic acids is 1. The molecule has 29 heavy (non-hydrogen) atoms. The molecule has 4 rings (SSSR count). The number of Topliss-reactive ketones (excluding diaryl/α,β-unsaturated/α-hetero) is 1. The number of rotatable bonds is 3. The number of allylic oxidation sites excluding steroid dienone is 1. The average Bonchev–Trinajstić information content (AvgIpc) is 2.79. The number of benzene rings is 2. The molecule has 152 valence electrons. The average molecular weight is 391 g/mol. The van der Waals surface area contributed by atoms with Gasteiger partial charge >= 0.3 is 0 Å². The van der Waals surface area contributed by atoms with E-state index < -0.39 is 0 Å². The number of carbonyl (C=O) groups is 1. The number of aryl methyl sites for hydroxylation is 2. The minimum absolute atomic E-state index is 0.0451. The second kappa shape index (κ2) is 7.25. The van der Waals surface area contributed by atoms with Gasteiger partial charge in [-0.05, 0) is 73.6 Å². The van der Waals surface area contributed by atoms with Crippen molar-refractivity contribution in [2.45, 2.75) is 53.5 Å². The number of fused-ring (bicyclic) bond motifs is 1. The molecule has 0 amide bonds. The molecule has 2 aromatic carbocycles. The van der Waals surface area contributed by atoms with Gasteiger partial charge in [0.2, 0.25) is 0 Å². The standard InChI is InChI=1S/C25H30N2O2/c1-6-29-18-9-7-17(8-10-18)24-23-21(13-25(4,5)14-22(23)28)26-19-11-15(2)16(3)12-20(19)27-24/h7-12,24,26-27H,6,13-14H2,1-5H3/t24-/m0/s1. The van der Waals surface area contributed by atoms with E-state index in [9.17, 15) is 4.79 Å². The highest BCUT2D eigenvalue weighted by Crippen LogP contribution is 2.46. The lowest BCUT2D eigenvalue weighted by molar-refractivity contribution is -0.118. The van der Waals surface area contributed by atoms with E-state index in [2.05, 4.69) is 62.6 Å². The molecule has 4 heteroatoms. The van der Waals surface area contributed by atoms with Gasteiger partial charge < -0.3 is 15.4 Å². The molecule has 0 radical (unpaired) electrons. The lowest BCUT2D eigenvalue weighted by Gasteiger charge is -2.34. The molecule has 0 bridgehead atoms. The third kappa shape index (κ3) is 3.76. The fraction of sp³-hybridized carbons (Fsp3) is 0.400. The fourth-order valence-electron chi connectivity index (χ4n) is 4.38. The summed E-state index contributed by atoms with van der Waals surface area (Å²) in [5.74, 6) is 1.07. The Morgan fingerprint density at radius 1 is 1.03 bits per heavy atom. The van der Waals surface area contributed by atoms with Crippen LogP contribution >= 0.6 is 0 Å². The molecular formula is C25H30N2O2. The predicted molar refractivity (Wildman–Crippen MR) is 119 cm³/mol. The molecular weight excluding hydrogens is 360 g/mol. The molecule has 0 aromatic heterocycles. The Kier molecular flexibility index (Phi) is 4.89. The molecule has 1 aliphatic carbocycles. The van der Waals surface area contributed by atoms with Crippen molar-refractivity contribution in [3.8, 4) is 5.75 Å². The molecule has 1 heterocycles. The maximum absolute atomic E-state index is 13.3. The Labute approximate surface area is 173 Å². The van der Waals surface area contributed by atoms with Crippen molar-refractivity contribution >= 4 is 17.2 Å². The van der Waals surface area contributed by atoms with Crippen LogP contribution in [0.4, 0.5) is 11.4 Å². The smallest absolute Gasteiger partial charge is 0.163 e. The zero-order valence-corrected chi connectivity index (χ0v) is 18.0. The van der Waals surface area contributed by atoms with Gasteiger partial charge in [0.15, 0.2) is 5.78 Å². The SMILES string of the molecule is CCOc1ccc([C@@H]2Nc3cc(C)c(C)cc3NC3=C2C(=O)CC(C)(C)C3)cc1. The maximum Gasteiger partial charge on any atom is 0.163 e. The molecule has 0 saturated heterocycles. The third-order valence-corrected chi connectivity index (χ3v) is 5.95. The summed E-state index contributed by atoms with van der Waals surface area (Å²) in [6, 6.07) is 12.3. The Morgan fingerprint density at radius 3 is 2.34 bits per heavy atom. The van der Waals surface area contributed by atoms with Gasteiger partial charge in [-0.2, -0.15) is 0 Å². The van der Waals surface area contributed by atoms with E-state index in [1.807, 2.05) is 19.1 Å². The van der Waals surface area contributed by atoms with Crippen LogP contribution in [0.3, 0.4) is 0 Å². The largest absolute Gasteiger partial charge is 0.494 e. The minimum Gasteiger partial charge on any atom is -0.494 e. The van der Waals surface area contributed by atoms with Crippen LogP contribution in [0.1, 0.15) is 56.3 Å². The number of anilines is 2. The van der Waals surface area contributed by atoms with Gasteiger partial charge in [-0.15, -0.1) is 0 Å². The zero-order chi connectivity index (χ0) is 20.8. The summed E-state index contributed by atoms with van der Waals surface area (Å²) in [7, 11) is 0. The van der Waals surface area contributed by atoms with Crippen LogP contribution in [0.2, 0.25) is 0 Å². The summed E-state index contributed by atoms with van der Waals surface area (Å²) in [5.41, 5.74) is 7.47. The lowest BCUT2D eigenvalue weighted by Crippen LogP contribution is -2.31. The van der Waals surface area contributed by atoms with Gasteiger partial charge in [-0.25, -0.2) is 0 Å². The van der Waals surface area contributed by atoms with Crippen molar-refractivity contribution < 1.29 is 9.53 Å². The molecule has 2 N–H and O–H groups in total. The van der Waals surface area contributed by atoms with Crippen LogP contribution in [0.25, 0.3) is 0 Å². The van der Waals surface area contributed by atoms with E-state index >= 15 is 0 Å². The Hall–Kier alpha value is -2.75. The highest BCUT2D eigenvalue weighted by molar-refractivity contribution is 6.01. The van der Waals surface area contributed by atoms with E-state index in [0.29, 0.717) is 13.0 Å². The van der Waals surface area contributed by atoms with E-state index in [1.165, 1.54) is 11.1 Å². The second-order valence-corrected chi connectivity index (χ2v) is 9.02. The van der Waals surface area contributed by atoms with Gasteiger partial charge in [-0.1, -0.05) is 26.0 Å². The van der Waals surface area contributed by atoms with E-state index in [0.717, 1.165) is 40.4 Å². The number of hydrogen-bond acceptors (Lipinski definition) is 4. The first-order chi connectivity index (χ1) is 13.8. The number of hydrogen-bond donors (Lipinski definition) is 2. The zero-order valence-electron chi connectivity index (χ0n) is 18.0. The molecule has 1 atom stereocenters. The number of ketones is 1. The van der Waals surface area contributed by atoms with Crippen LogP contribution < -0.4 is 15.4 Å². The van der Waals surface area contributed by atoms with Crippen molar-refractivity contribution in [1.29, 1.82) is 0 Å². The first-order valence-corrected chi connectivity index (χ1v) is 10.4. The Bertz CT molecular complexity index is 987. The van der Waals surface area contributed by atoms with Crippen LogP contribution in [0, 0.1) is 19.3 Å². The van der Waals surface area contributed by atoms with Crippen molar-refractivity contribution in [1.82, 2.24) is 0 Å². The van der Waals surface area contributed by atoms with Gasteiger partial charge in [0.1, 0.15) is 5.75 Å². The highest BCUT2D eigenvalue weighted by atomic mass is 16.5. The molecule has 1 aliphatic heterocycles. The first kappa shape index (κ1) is 19.6. The van der Waals surface area contributed by atoms with Crippen molar-refractivity contribution in [2.75, 3.05) is 17.2 Å². The predicted octanol–water partition coefficient (Wildman–Crippen LogP) is 5.92. The van der Waals surface area contributed by atoms with Crippen LogP contribution in [-0.4, -0.2) is 12.4 Å². The summed E-state index contributed by atoms with van der Waals surface area (Å²) in [6.45, 7) is 11.2. The minimum atomic E-state index is -0.180. The summed E-state index contributed by atoms with van der Waals surface area (Å²) in [4.78, 5) is 13.3. The highest BCUT2D eigenvalue weighted by Gasteiger charge is 2.38. The van der Waals surface area contributed by atoms with Gasteiger partial charge in [0.05, 0.1) is 24.0 Å². The lowest BCUT2D eigenvalue weighted by atomic mass is 9.73. The number of nitrogens with one attached hydrogen (secondary N) is 2. The van der Waals surface area contributed by atoms with Crippen LogP contribution in [-0.2, 0) is 4.79 Å². The second-order valence-electron chi connectivity index (χ2n) is 9.02. The first-order valence-electron chi connectivity index (χ1n) is 10.4. The normalized spacial score (nSPS) is 20.2. The molecule has 2 aliphatic rings. The quantitative estimate of drug-likeness (QED) is 0.682. The van der Waals surface area contributed by atoms with Crippen LogP contribution in [0.5, 0.6) is 5.75 Å². The molecule has 0 fully saturated rings. The molecule has 0 spiro atoms. The topological polar surface area (TPSA) is 50.4 Å². The van der Waals surface area contributed by atoms with Crippen molar-refractivity contribution in [2.24, 2.45) is 5.41 Å². The summed E-state index contributed by atoms with van der Waals surface area (Å²) < 4.78 is 5.60.